The van der Waals surface area contributed by atoms with Crippen LogP contribution in [-0.4, -0.2) is 37.6 Å². The number of aromatic nitrogens is 1. The summed E-state index contributed by atoms with van der Waals surface area (Å²) >= 11 is 0. The molecule has 3 rings (SSSR count). The fourth-order valence-electron chi connectivity index (χ4n) is 4.17. The molecule has 6 nitrogen and oxygen atoms in total. The zero-order valence-electron chi connectivity index (χ0n) is 18.5. The van der Waals surface area contributed by atoms with Gasteiger partial charge >= 0.3 is 5.97 Å². The van der Waals surface area contributed by atoms with Gasteiger partial charge in [0.15, 0.2) is 17.3 Å². The van der Waals surface area contributed by atoms with Crippen molar-refractivity contribution in [1.29, 1.82) is 0 Å². The molecule has 1 heterocycles. The molecule has 1 N–H and O–H groups in total. The molecule has 6 heteroatoms. The maximum absolute atomic E-state index is 12.9. The van der Waals surface area contributed by atoms with Crippen LogP contribution in [0.4, 0.5) is 0 Å². The number of ketones is 1. The van der Waals surface area contributed by atoms with Crippen LogP contribution < -0.4 is 9.47 Å². The fourth-order valence-corrected chi connectivity index (χ4v) is 4.17. The molecule has 0 spiro atoms. The number of nitrogens with one attached hydrogen (secondary N) is 1. The van der Waals surface area contributed by atoms with Crippen molar-refractivity contribution in [1.82, 2.24) is 4.98 Å². The highest BCUT2D eigenvalue weighted by molar-refractivity contribution is 6.03. The number of H-pyrrole nitrogens is 1. The summed E-state index contributed by atoms with van der Waals surface area (Å²) in [4.78, 5) is 28.8. The lowest BCUT2D eigenvalue weighted by molar-refractivity contribution is 0.0426. The Bertz CT molecular complexity index is 926. The summed E-state index contributed by atoms with van der Waals surface area (Å²) < 4.78 is 16.2. The molecule has 1 aromatic heterocycles. The predicted molar refractivity (Wildman–Crippen MR) is 115 cm³/mol. The molecule has 1 atom stereocenters. The van der Waals surface area contributed by atoms with Crippen molar-refractivity contribution in [3.05, 3.63) is 46.3 Å². The van der Waals surface area contributed by atoms with E-state index in [-0.39, 0.29) is 17.7 Å². The predicted octanol–water partition coefficient (Wildman–Crippen LogP) is 4.85. The van der Waals surface area contributed by atoms with E-state index in [1.807, 2.05) is 25.1 Å². The Morgan fingerprint density at radius 3 is 2.47 bits per heavy atom. The molecule has 0 saturated heterocycles. The van der Waals surface area contributed by atoms with Gasteiger partial charge in [-0.25, -0.2) is 4.79 Å². The van der Waals surface area contributed by atoms with Gasteiger partial charge < -0.3 is 19.2 Å². The molecular weight excluding hydrogens is 382 g/mol. The van der Waals surface area contributed by atoms with E-state index in [2.05, 4.69) is 18.8 Å². The summed E-state index contributed by atoms with van der Waals surface area (Å²) in [6.45, 7) is 6.40. The second-order valence-corrected chi connectivity index (χ2v) is 7.90. The van der Waals surface area contributed by atoms with E-state index >= 15 is 0 Å². The molecule has 0 fully saturated rings. The third-order valence-electron chi connectivity index (χ3n) is 6.18. The summed E-state index contributed by atoms with van der Waals surface area (Å²) in [5.74, 6) is 1.32. The van der Waals surface area contributed by atoms with Gasteiger partial charge in [0.2, 0.25) is 0 Å². The van der Waals surface area contributed by atoms with Crippen LogP contribution in [0, 0.1) is 12.8 Å². The zero-order valence-corrected chi connectivity index (χ0v) is 18.5. The number of benzene rings is 1. The van der Waals surface area contributed by atoms with Crippen molar-refractivity contribution >= 4 is 11.8 Å². The van der Waals surface area contributed by atoms with Crippen LogP contribution in [0.1, 0.15) is 76.7 Å². The van der Waals surface area contributed by atoms with Crippen LogP contribution >= 0.6 is 0 Å². The minimum atomic E-state index is -0.385. The fraction of sp³-hybridized carbons (Fsp3) is 0.500. The highest BCUT2D eigenvalue weighted by Gasteiger charge is 2.32. The Balaban J connectivity index is 1.83. The van der Waals surface area contributed by atoms with Crippen molar-refractivity contribution < 1.29 is 23.8 Å². The minimum Gasteiger partial charge on any atom is -0.493 e. The molecule has 1 unspecified atom stereocenters. The largest absolute Gasteiger partial charge is 0.493 e. The first-order chi connectivity index (χ1) is 14.4. The number of rotatable bonds is 8. The lowest BCUT2D eigenvalue weighted by atomic mass is 9.81. The average molecular weight is 414 g/mol. The van der Waals surface area contributed by atoms with E-state index in [0.29, 0.717) is 53.7 Å². The number of carbonyl (C=O) groups is 2. The monoisotopic (exact) mass is 413 g/mol. The van der Waals surface area contributed by atoms with Gasteiger partial charge in [-0.3, -0.25) is 4.79 Å². The summed E-state index contributed by atoms with van der Waals surface area (Å²) in [7, 11) is 3.19. The Labute approximate surface area is 177 Å². The van der Waals surface area contributed by atoms with E-state index in [1.165, 1.54) is 0 Å². The van der Waals surface area contributed by atoms with Crippen LogP contribution in [0.25, 0.3) is 0 Å². The molecule has 30 heavy (non-hydrogen) atoms. The SMILES string of the molecule is CCC(CC)COC(=O)c1[nH]c2c(c1C)C(=O)CC(c1ccc(OC)c(OC)c1)C2. The highest BCUT2D eigenvalue weighted by atomic mass is 16.5. The molecule has 162 valence electrons. The second kappa shape index (κ2) is 9.37. The van der Waals surface area contributed by atoms with Crippen LogP contribution in [0.2, 0.25) is 0 Å². The van der Waals surface area contributed by atoms with E-state index < -0.39 is 0 Å². The van der Waals surface area contributed by atoms with Crippen molar-refractivity contribution in [2.45, 2.75) is 52.4 Å². The summed E-state index contributed by atoms with van der Waals surface area (Å²) in [6.07, 6.45) is 2.98. The van der Waals surface area contributed by atoms with Crippen molar-refractivity contribution in [3.63, 3.8) is 0 Å². The second-order valence-electron chi connectivity index (χ2n) is 7.90. The number of hydrogen-bond acceptors (Lipinski definition) is 5. The first-order valence-corrected chi connectivity index (χ1v) is 10.6. The third-order valence-corrected chi connectivity index (χ3v) is 6.18. The zero-order chi connectivity index (χ0) is 21.8. The highest BCUT2D eigenvalue weighted by Crippen LogP contribution is 2.38. The van der Waals surface area contributed by atoms with E-state index in [0.717, 1.165) is 24.1 Å². The maximum atomic E-state index is 12.9. The van der Waals surface area contributed by atoms with Crippen LogP contribution in [-0.2, 0) is 11.2 Å². The van der Waals surface area contributed by atoms with Gasteiger partial charge in [-0.2, -0.15) is 0 Å². The van der Waals surface area contributed by atoms with Crippen molar-refractivity contribution in [3.8, 4) is 11.5 Å². The van der Waals surface area contributed by atoms with Crippen LogP contribution in [0.15, 0.2) is 18.2 Å². The molecule has 0 amide bonds. The summed E-state index contributed by atoms with van der Waals surface area (Å²) in [5.41, 5.74) is 3.54. The third kappa shape index (κ3) is 4.23. The quantitative estimate of drug-likeness (QED) is 0.626. The van der Waals surface area contributed by atoms with Gasteiger partial charge in [0.25, 0.3) is 0 Å². The van der Waals surface area contributed by atoms with E-state index in [4.69, 9.17) is 14.2 Å². The molecule has 0 saturated carbocycles. The molecule has 1 aromatic carbocycles. The molecule has 1 aliphatic rings. The normalized spacial score (nSPS) is 15.8. The standard InChI is InChI=1S/C24H31NO5/c1-6-15(7-2)13-30-24(27)23-14(3)22-18(25-23)10-17(11-19(22)26)16-8-9-20(28-4)21(12-16)29-5/h8-9,12,15,17,25H,6-7,10-11,13H2,1-5H3. The topological polar surface area (TPSA) is 77.6 Å². The van der Waals surface area contributed by atoms with Gasteiger partial charge in [-0.05, 0) is 48.4 Å². The van der Waals surface area contributed by atoms with Crippen molar-refractivity contribution in [2.24, 2.45) is 5.92 Å². The number of esters is 1. The Hall–Kier alpha value is -2.76. The van der Waals surface area contributed by atoms with Gasteiger partial charge in [0.05, 0.1) is 20.8 Å². The molecule has 0 radical (unpaired) electrons. The molecule has 1 aliphatic carbocycles. The Morgan fingerprint density at radius 1 is 1.13 bits per heavy atom. The van der Waals surface area contributed by atoms with Crippen LogP contribution in [0.3, 0.4) is 0 Å². The first kappa shape index (κ1) is 21.9. The number of methoxy groups -OCH3 is 2. The van der Waals surface area contributed by atoms with Gasteiger partial charge in [-0.1, -0.05) is 32.8 Å². The van der Waals surface area contributed by atoms with E-state index in [1.54, 1.807) is 14.2 Å². The molecule has 2 aromatic rings. The number of hydrogen-bond donors (Lipinski definition) is 1. The number of aromatic amines is 1. The van der Waals surface area contributed by atoms with Gasteiger partial charge in [0.1, 0.15) is 5.69 Å². The molecular formula is C24H31NO5. The lowest BCUT2D eigenvalue weighted by Crippen LogP contribution is -2.18. The maximum Gasteiger partial charge on any atom is 0.355 e. The first-order valence-electron chi connectivity index (χ1n) is 10.6. The summed E-state index contributed by atoms with van der Waals surface area (Å²) in [5, 5.41) is 0. The number of carbonyl (C=O) groups excluding carboxylic acids is 2. The Morgan fingerprint density at radius 2 is 1.83 bits per heavy atom. The number of Topliss-reactive ketones (excluding diaryl/α,β-unsaturated/α-hetero) is 1. The van der Waals surface area contributed by atoms with E-state index in [9.17, 15) is 9.59 Å². The average Bonchev–Trinajstić information content (AvgIpc) is 3.10. The lowest BCUT2D eigenvalue weighted by Gasteiger charge is -2.23. The minimum absolute atomic E-state index is 0.0105. The Kier molecular flexibility index (Phi) is 6.85. The molecule has 0 bridgehead atoms. The number of fused-ring (bicyclic) bond motifs is 1. The van der Waals surface area contributed by atoms with Crippen molar-refractivity contribution in [2.75, 3.05) is 20.8 Å². The molecule has 0 aliphatic heterocycles. The van der Waals surface area contributed by atoms with Gasteiger partial charge in [-0.15, -0.1) is 0 Å². The van der Waals surface area contributed by atoms with Crippen LogP contribution in [0.5, 0.6) is 11.5 Å². The summed E-state index contributed by atoms with van der Waals surface area (Å²) in [6, 6.07) is 5.74. The smallest absolute Gasteiger partial charge is 0.355 e. The van der Waals surface area contributed by atoms with Gasteiger partial charge in [0, 0.05) is 17.7 Å². The number of ether oxygens (including phenoxy) is 3.